The molecule has 0 spiro atoms. The van der Waals surface area contributed by atoms with Crippen molar-refractivity contribution in [3.8, 4) is 11.3 Å². The average Bonchev–Trinajstić information content (AvgIpc) is 3.33. The van der Waals surface area contributed by atoms with Crippen molar-refractivity contribution in [1.29, 1.82) is 0 Å². The van der Waals surface area contributed by atoms with E-state index in [0.717, 1.165) is 30.8 Å². The topological polar surface area (TPSA) is 114 Å². The number of nitrogen functional groups attached to an aromatic ring is 1. The SMILES string of the molecule is CC(C)[C@@H]1CC[C@H](c2nc(-c3ccc([C@@](C)(O)c4cccc(C(F)(F)F)c4)cc3)c3c(N)nccn23)C[C@@H]1C(=O)O. The minimum absolute atomic E-state index is 0.0879. The Morgan fingerprint density at radius 3 is 2.39 bits per heavy atom. The third kappa shape index (κ3) is 5.28. The Balaban J connectivity index is 1.51. The molecule has 4 aromatic rings. The Hall–Kier alpha value is -3.92. The highest BCUT2D eigenvalue weighted by atomic mass is 19.4. The normalized spacial score (nSPS) is 21.2. The van der Waals surface area contributed by atoms with Gasteiger partial charge in [-0.2, -0.15) is 13.2 Å². The number of rotatable bonds is 6. The summed E-state index contributed by atoms with van der Waals surface area (Å²) in [6, 6.07) is 11.5. The lowest BCUT2D eigenvalue weighted by Gasteiger charge is -2.35. The number of aromatic nitrogens is 3. The fraction of sp³-hybridized carbons (Fsp3) is 0.387. The van der Waals surface area contributed by atoms with E-state index in [1.54, 1.807) is 36.7 Å². The number of carboxylic acids is 1. The van der Waals surface area contributed by atoms with Crippen LogP contribution in [0.4, 0.5) is 19.0 Å². The summed E-state index contributed by atoms with van der Waals surface area (Å²) in [5.41, 5.74) is 6.16. The van der Waals surface area contributed by atoms with E-state index >= 15 is 0 Å². The first-order valence-electron chi connectivity index (χ1n) is 13.6. The van der Waals surface area contributed by atoms with Crippen LogP contribution in [0.25, 0.3) is 16.8 Å². The van der Waals surface area contributed by atoms with E-state index < -0.39 is 29.2 Å². The lowest BCUT2D eigenvalue weighted by Crippen LogP contribution is -2.33. The molecule has 0 saturated heterocycles. The number of carboxylic acid groups (broad SMARTS) is 1. The van der Waals surface area contributed by atoms with Crippen molar-refractivity contribution in [3.05, 3.63) is 83.4 Å². The highest BCUT2D eigenvalue weighted by Crippen LogP contribution is 2.44. The molecule has 4 atom stereocenters. The van der Waals surface area contributed by atoms with Gasteiger partial charge in [-0.1, -0.05) is 50.2 Å². The number of nitrogens with two attached hydrogens (primary N) is 1. The van der Waals surface area contributed by atoms with Crippen molar-refractivity contribution < 1.29 is 28.2 Å². The van der Waals surface area contributed by atoms with Crippen LogP contribution in [0.2, 0.25) is 0 Å². The Morgan fingerprint density at radius 1 is 1.07 bits per heavy atom. The van der Waals surface area contributed by atoms with E-state index in [0.29, 0.717) is 28.8 Å². The maximum atomic E-state index is 13.3. The van der Waals surface area contributed by atoms with Gasteiger partial charge in [-0.3, -0.25) is 9.20 Å². The van der Waals surface area contributed by atoms with Crippen LogP contribution in [-0.4, -0.2) is 30.6 Å². The quantitative estimate of drug-likeness (QED) is 0.246. The predicted octanol–water partition coefficient (Wildman–Crippen LogP) is 6.49. The number of benzene rings is 2. The maximum absolute atomic E-state index is 13.3. The monoisotopic (exact) mass is 566 g/mol. The first kappa shape index (κ1) is 28.6. The van der Waals surface area contributed by atoms with Crippen LogP contribution in [0.3, 0.4) is 0 Å². The van der Waals surface area contributed by atoms with E-state index in [9.17, 15) is 28.2 Å². The lowest BCUT2D eigenvalue weighted by molar-refractivity contribution is -0.146. The minimum atomic E-state index is -4.53. The van der Waals surface area contributed by atoms with Crippen LogP contribution in [0.1, 0.15) is 68.5 Å². The van der Waals surface area contributed by atoms with Gasteiger partial charge in [0.2, 0.25) is 0 Å². The Kier molecular flexibility index (Phi) is 7.31. The van der Waals surface area contributed by atoms with E-state index in [4.69, 9.17) is 10.7 Å². The lowest BCUT2D eigenvalue weighted by atomic mass is 9.69. The molecule has 4 N–H and O–H groups in total. The van der Waals surface area contributed by atoms with Crippen LogP contribution in [0, 0.1) is 17.8 Å². The molecule has 5 rings (SSSR count). The largest absolute Gasteiger partial charge is 0.481 e. The van der Waals surface area contributed by atoms with Gasteiger partial charge in [-0.25, -0.2) is 9.97 Å². The summed E-state index contributed by atoms with van der Waals surface area (Å²) in [6.07, 6.45) is 0.880. The van der Waals surface area contributed by atoms with E-state index in [2.05, 4.69) is 18.8 Å². The number of alkyl halides is 3. The Morgan fingerprint density at radius 2 is 1.76 bits per heavy atom. The molecule has 10 heteroatoms. The third-order valence-electron chi connectivity index (χ3n) is 8.53. The van der Waals surface area contributed by atoms with E-state index in [1.807, 2.05) is 4.40 Å². The maximum Gasteiger partial charge on any atom is 0.416 e. The number of hydrogen-bond acceptors (Lipinski definition) is 5. The first-order valence-corrected chi connectivity index (χ1v) is 13.6. The van der Waals surface area contributed by atoms with Crippen LogP contribution in [-0.2, 0) is 16.6 Å². The molecule has 1 saturated carbocycles. The average molecular weight is 567 g/mol. The zero-order valence-electron chi connectivity index (χ0n) is 23.1. The molecule has 2 aromatic carbocycles. The van der Waals surface area contributed by atoms with Gasteiger partial charge in [-0.15, -0.1) is 0 Å². The summed E-state index contributed by atoms with van der Waals surface area (Å²) in [5.74, 6) is -0.00532. The number of hydrogen-bond donors (Lipinski definition) is 3. The number of imidazole rings is 1. The molecule has 0 amide bonds. The molecular formula is C31H33F3N4O3. The number of fused-ring (bicyclic) bond motifs is 1. The van der Waals surface area contributed by atoms with E-state index in [-0.39, 0.29) is 29.1 Å². The van der Waals surface area contributed by atoms with Gasteiger partial charge >= 0.3 is 12.1 Å². The van der Waals surface area contributed by atoms with Crippen molar-refractivity contribution >= 4 is 17.3 Å². The zero-order valence-corrected chi connectivity index (χ0v) is 23.1. The van der Waals surface area contributed by atoms with Gasteiger partial charge in [0.1, 0.15) is 28.5 Å². The molecule has 1 fully saturated rings. The summed E-state index contributed by atoms with van der Waals surface area (Å²) >= 11 is 0. The number of aliphatic carboxylic acids is 1. The molecule has 1 aliphatic carbocycles. The van der Waals surface area contributed by atoms with Gasteiger partial charge in [0.05, 0.1) is 11.5 Å². The number of halogens is 3. The van der Waals surface area contributed by atoms with Crippen LogP contribution >= 0.6 is 0 Å². The van der Waals surface area contributed by atoms with Gasteiger partial charge in [-0.05, 0) is 61.3 Å². The predicted molar refractivity (Wildman–Crippen MR) is 149 cm³/mol. The van der Waals surface area contributed by atoms with Gasteiger partial charge in [0.15, 0.2) is 0 Å². The summed E-state index contributed by atoms with van der Waals surface area (Å²) in [6.45, 7) is 5.57. The smallest absolute Gasteiger partial charge is 0.416 e. The molecule has 0 bridgehead atoms. The molecule has 0 radical (unpaired) electrons. The number of nitrogens with zero attached hydrogens (tertiary/aromatic N) is 3. The van der Waals surface area contributed by atoms with Crippen molar-refractivity contribution in [1.82, 2.24) is 14.4 Å². The molecule has 0 unspecified atom stereocenters. The Bertz CT molecular complexity index is 1580. The van der Waals surface area contributed by atoms with Gasteiger partial charge in [0.25, 0.3) is 0 Å². The molecule has 2 aromatic heterocycles. The summed E-state index contributed by atoms with van der Waals surface area (Å²) in [7, 11) is 0. The molecular weight excluding hydrogens is 533 g/mol. The molecule has 0 aliphatic heterocycles. The fourth-order valence-corrected chi connectivity index (χ4v) is 6.20. The number of anilines is 1. The summed E-state index contributed by atoms with van der Waals surface area (Å²) in [5, 5.41) is 21.2. The zero-order chi connectivity index (χ0) is 29.7. The van der Waals surface area contributed by atoms with Crippen molar-refractivity contribution in [2.45, 2.75) is 57.7 Å². The highest BCUT2D eigenvalue weighted by Gasteiger charge is 2.39. The fourth-order valence-electron chi connectivity index (χ4n) is 6.20. The number of aliphatic hydroxyl groups is 1. The summed E-state index contributed by atoms with van der Waals surface area (Å²) < 4.78 is 41.7. The second-order valence-corrected chi connectivity index (χ2v) is 11.4. The standard InChI is InChI=1S/C31H33F3N4O3/c1-17(2)23-12-9-19(15-24(23)29(39)40)28-37-25(26-27(35)36-13-14-38(26)28)18-7-10-20(11-8-18)30(3,41)21-5-4-6-22(16-21)31(32,33)34/h4-8,10-11,13-14,16-17,19,23-24,41H,9,12,15H2,1-3H3,(H2,35,36)(H,39,40)/t19-,23-,24-,30+/m0/s1. The van der Waals surface area contributed by atoms with Crippen LogP contribution in [0.15, 0.2) is 60.9 Å². The third-order valence-corrected chi connectivity index (χ3v) is 8.53. The van der Waals surface area contributed by atoms with Crippen molar-refractivity contribution in [3.63, 3.8) is 0 Å². The summed E-state index contributed by atoms with van der Waals surface area (Å²) in [4.78, 5) is 21.3. The second-order valence-electron chi connectivity index (χ2n) is 11.4. The Labute approximate surface area is 235 Å². The molecule has 2 heterocycles. The highest BCUT2D eigenvalue weighted by molar-refractivity contribution is 5.85. The first-order chi connectivity index (χ1) is 19.3. The van der Waals surface area contributed by atoms with Gasteiger partial charge < -0.3 is 15.9 Å². The van der Waals surface area contributed by atoms with Crippen molar-refractivity contribution in [2.24, 2.45) is 17.8 Å². The number of carbonyl (C=O) groups is 1. The van der Waals surface area contributed by atoms with E-state index in [1.165, 1.54) is 19.1 Å². The van der Waals surface area contributed by atoms with Crippen LogP contribution < -0.4 is 5.73 Å². The molecule has 7 nitrogen and oxygen atoms in total. The van der Waals surface area contributed by atoms with Crippen molar-refractivity contribution in [2.75, 3.05) is 5.73 Å². The van der Waals surface area contributed by atoms with Crippen LogP contribution in [0.5, 0.6) is 0 Å². The second kappa shape index (κ2) is 10.5. The molecule has 216 valence electrons. The van der Waals surface area contributed by atoms with Gasteiger partial charge in [0, 0.05) is 23.9 Å². The molecule has 1 aliphatic rings. The minimum Gasteiger partial charge on any atom is -0.481 e. The molecule has 41 heavy (non-hydrogen) atoms.